The number of Topliss-reactive ketones (excluding diaryl/α,β-unsaturated/α-hetero) is 1. The van der Waals surface area contributed by atoms with E-state index < -0.39 is 87.4 Å². The summed E-state index contributed by atoms with van der Waals surface area (Å²) in [5.74, 6) is -7.64. The van der Waals surface area contributed by atoms with Gasteiger partial charge in [-0.2, -0.15) is 13.2 Å². The molecule has 0 radical (unpaired) electrons. The highest BCUT2D eigenvalue weighted by Gasteiger charge is 2.50. The van der Waals surface area contributed by atoms with Crippen molar-refractivity contribution < 1.29 is 45.5 Å². The van der Waals surface area contributed by atoms with Crippen LogP contribution in [0.4, 0.5) is 13.2 Å². The van der Waals surface area contributed by atoms with Gasteiger partial charge in [-0.05, 0) is 54.2 Å². The van der Waals surface area contributed by atoms with E-state index in [1.54, 1.807) is 36.4 Å². The van der Waals surface area contributed by atoms with E-state index >= 15 is 0 Å². The number of nitrogens with one attached hydrogen (secondary N) is 1. The van der Waals surface area contributed by atoms with Gasteiger partial charge in [0.05, 0.1) is 35.8 Å². The molecular formula is C33H35ClF3N5O7S. The number of alkyl halides is 3. The number of sulfone groups is 1. The largest absolute Gasteiger partial charge is 0.497 e. The van der Waals surface area contributed by atoms with Crippen LogP contribution in [0.15, 0.2) is 60.9 Å². The molecule has 1 fully saturated rings. The molecule has 0 unspecified atom stereocenters. The predicted molar refractivity (Wildman–Crippen MR) is 176 cm³/mol. The average molecular weight is 738 g/mol. The van der Waals surface area contributed by atoms with Gasteiger partial charge in [-0.1, -0.05) is 49.7 Å². The molecule has 3 amide bonds. The van der Waals surface area contributed by atoms with Crippen LogP contribution in [-0.4, -0.2) is 84.0 Å². The van der Waals surface area contributed by atoms with Crippen molar-refractivity contribution in [1.82, 2.24) is 20.2 Å². The van der Waals surface area contributed by atoms with Gasteiger partial charge in [-0.3, -0.25) is 24.2 Å². The zero-order valence-electron chi connectivity index (χ0n) is 27.2. The fraction of sp³-hybridized carbons (Fsp3) is 0.394. The van der Waals surface area contributed by atoms with Crippen LogP contribution in [-0.2, 0) is 36.4 Å². The smallest absolute Gasteiger partial charge is 0.452 e. The number of methoxy groups -OCH3 is 1. The number of likely N-dealkylation sites (tertiary alicyclic amines) is 1. The van der Waals surface area contributed by atoms with E-state index in [2.05, 4.69) is 15.3 Å². The van der Waals surface area contributed by atoms with Crippen LogP contribution in [0.5, 0.6) is 5.75 Å². The number of carbonyl (C=O) groups is 4. The first kappa shape index (κ1) is 38.2. The summed E-state index contributed by atoms with van der Waals surface area (Å²) < 4.78 is 73.1. The lowest BCUT2D eigenvalue weighted by Crippen LogP contribution is -2.55. The maximum absolute atomic E-state index is 14.6. The fourth-order valence-corrected chi connectivity index (χ4v) is 7.75. The Labute approximate surface area is 291 Å². The summed E-state index contributed by atoms with van der Waals surface area (Å²) in [4.78, 5) is 62.1. The van der Waals surface area contributed by atoms with E-state index in [4.69, 9.17) is 22.1 Å². The van der Waals surface area contributed by atoms with E-state index in [-0.39, 0.29) is 17.8 Å². The first-order valence-corrected chi connectivity index (χ1v) is 17.4. The Bertz CT molecular complexity index is 1860. The Hall–Kier alpha value is -4.57. The Balaban J connectivity index is 1.78. The van der Waals surface area contributed by atoms with E-state index in [0.29, 0.717) is 21.9 Å². The van der Waals surface area contributed by atoms with Crippen molar-refractivity contribution in [2.75, 3.05) is 13.7 Å². The van der Waals surface area contributed by atoms with Crippen LogP contribution in [0.2, 0.25) is 5.02 Å². The van der Waals surface area contributed by atoms with Crippen LogP contribution in [0.1, 0.15) is 53.5 Å². The highest BCUT2D eigenvalue weighted by molar-refractivity contribution is 7.91. The normalized spacial score (nSPS) is 17.6. The Morgan fingerprint density at radius 3 is 2.30 bits per heavy atom. The number of aromatic nitrogens is 2. The molecule has 4 rings (SSSR count). The molecule has 1 saturated heterocycles. The molecule has 4 atom stereocenters. The molecule has 0 aliphatic carbocycles. The molecule has 1 aromatic heterocycles. The molecule has 12 nitrogen and oxygen atoms in total. The van der Waals surface area contributed by atoms with Gasteiger partial charge in [0, 0.05) is 24.0 Å². The number of primary amides is 1. The highest BCUT2D eigenvalue weighted by Crippen LogP contribution is 2.33. The van der Waals surface area contributed by atoms with Crippen molar-refractivity contribution in [2.45, 2.75) is 61.9 Å². The van der Waals surface area contributed by atoms with Crippen LogP contribution in [0.3, 0.4) is 0 Å². The van der Waals surface area contributed by atoms with Crippen molar-refractivity contribution in [1.29, 1.82) is 0 Å². The summed E-state index contributed by atoms with van der Waals surface area (Å²) in [6, 6.07) is 8.94. The lowest BCUT2D eigenvalue weighted by Gasteiger charge is -2.30. The molecule has 2 heterocycles. The number of carbonyl (C=O) groups excluding carboxylic acids is 4. The second-order valence-electron chi connectivity index (χ2n) is 12.2. The van der Waals surface area contributed by atoms with Crippen LogP contribution < -0.4 is 15.8 Å². The molecule has 1 aliphatic heterocycles. The third kappa shape index (κ3) is 8.96. The molecule has 268 valence electrons. The maximum Gasteiger partial charge on any atom is 0.452 e. The van der Waals surface area contributed by atoms with Gasteiger partial charge in [-0.15, -0.1) is 0 Å². The number of rotatable bonds is 13. The van der Waals surface area contributed by atoms with E-state index in [0.717, 1.165) is 4.90 Å². The Morgan fingerprint density at radius 2 is 1.72 bits per heavy atom. The second-order valence-corrected chi connectivity index (χ2v) is 14.9. The monoisotopic (exact) mass is 737 g/mol. The van der Waals surface area contributed by atoms with Crippen LogP contribution in [0.25, 0.3) is 0 Å². The molecule has 0 saturated carbocycles. The number of hydrogen-bond donors (Lipinski definition) is 2. The number of ketones is 1. The first-order chi connectivity index (χ1) is 23.4. The van der Waals surface area contributed by atoms with Gasteiger partial charge in [0.1, 0.15) is 17.5 Å². The molecule has 3 aromatic rings. The summed E-state index contributed by atoms with van der Waals surface area (Å²) in [6.07, 6.45) is -3.53. The first-order valence-electron chi connectivity index (χ1n) is 15.3. The van der Waals surface area contributed by atoms with Gasteiger partial charge in [0.15, 0.2) is 9.84 Å². The number of halogens is 4. The standard InChI is InChI=1S/C33H35ClF3N5O7S/c1-18(2)26(29(43)33(35,36)37)41-31(45)25-15-23(50(47,48)17-19-7-9-22(49-3)10-8-19)16-42(25)32(46)24(14-20-5-4-6-21(34)13-20)27-28(30(38)44)40-12-11-39-27/h4-13,18,23-26H,14-17H2,1-3H3,(H2,38,44)(H,41,45)/t23-,24+,25+,26+/m1/s1. The summed E-state index contributed by atoms with van der Waals surface area (Å²) >= 11 is 6.18. The number of amides is 3. The van der Waals surface area contributed by atoms with Crippen molar-refractivity contribution in [3.05, 3.63) is 88.5 Å². The molecule has 0 spiro atoms. The number of ether oxygens (including phenoxy) is 1. The van der Waals surface area contributed by atoms with Gasteiger partial charge in [0.25, 0.3) is 11.7 Å². The average Bonchev–Trinajstić information content (AvgIpc) is 3.52. The lowest BCUT2D eigenvalue weighted by molar-refractivity contribution is -0.175. The third-order valence-electron chi connectivity index (χ3n) is 8.33. The zero-order chi connectivity index (χ0) is 37.0. The fourth-order valence-electron chi connectivity index (χ4n) is 5.78. The maximum atomic E-state index is 14.6. The van der Waals surface area contributed by atoms with Gasteiger partial charge < -0.3 is 20.7 Å². The number of benzene rings is 2. The van der Waals surface area contributed by atoms with Crippen molar-refractivity contribution in [3.63, 3.8) is 0 Å². The van der Waals surface area contributed by atoms with E-state index in [1.165, 1.54) is 45.5 Å². The Morgan fingerprint density at radius 1 is 1.06 bits per heavy atom. The minimum atomic E-state index is -5.28. The van der Waals surface area contributed by atoms with E-state index in [9.17, 15) is 40.8 Å². The number of nitrogens with two attached hydrogens (primary N) is 1. The van der Waals surface area contributed by atoms with Crippen molar-refractivity contribution in [3.8, 4) is 5.75 Å². The summed E-state index contributed by atoms with van der Waals surface area (Å²) in [5, 5.41) is 1.10. The molecule has 3 N–H and O–H groups in total. The summed E-state index contributed by atoms with van der Waals surface area (Å²) in [7, 11) is -2.66. The van der Waals surface area contributed by atoms with Gasteiger partial charge in [-0.25, -0.2) is 13.4 Å². The van der Waals surface area contributed by atoms with E-state index in [1.807, 2.05) is 0 Å². The van der Waals surface area contributed by atoms with Gasteiger partial charge >= 0.3 is 6.18 Å². The zero-order valence-corrected chi connectivity index (χ0v) is 28.8. The quantitative estimate of drug-likeness (QED) is 0.266. The van der Waals surface area contributed by atoms with Crippen LogP contribution >= 0.6 is 11.6 Å². The number of hydrogen-bond acceptors (Lipinski definition) is 9. The molecule has 2 aromatic carbocycles. The van der Waals surface area contributed by atoms with Crippen LogP contribution in [0, 0.1) is 5.92 Å². The summed E-state index contributed by atoms with van der Waals surface area (Å²) in [6.45, 7) is 2.07. The minimum absolute atomic E-state index is 0.159. The summed E-state index contributed by atoms with van der Waals surface area (Å²) in [5.41, 5.74) is 5.92. The minimum Gasteiger partial charge on any atom is -0.497 e. The van der Waals surface area contributed by atoms with Crippen molar-refractivity contribution in [2.24, 2.45) is 11.7 Å². The lowest BCUT2D eigenvalue weighted by atomic mass is 9.92. The van der Waals surface area contributed by atoms with Gasteiger partial charge in [0.2, 0.25) is 11.8 Å². The second kappa shape index (κ2) is 15.5. The molecule has 50 heavy (non-hydrogen) atoms. The highest BCUT2D eigenvalue weighted by atomic mass is 35.5. The molecule has 17 heteroatoms. The molecule has 0 bridgehead atoms. The predicted octanol–water partition coefficient (Wildman–Crippen LogP) is 3.42. The molecule has 1 aliphatic rings. The SMILES string of the molecule is COc1ccc(CS(=O)(=O)[C@@H]2C[C@@H](C(=O)N[C@H](C(=O)C(F)(F)F)C(C)C)N(C(=O)[C@@H](Cc3cccc(Cl)c3)c3nccnc3C(N)=O)C2)cc1. The number of nitrogens with zero attached hydrogens (tertiary/aromatic N) is 3. The third-order valence-corrected chi connectivity index (χ3v) is 10.7. The Kier molecular flexibility index (Phi) is 11.9. The topological polar surface area (TPSA) is 179 Å². The van der Waals surface area contributed by atoms with Crippen molar-refractivity contribution >= 4 is 44.9 Å². The molecular weight excluding hydrogens is 703 g/mol.